The lowest BCUT2D eigenvalue weighted by Crippen LogP contribution is -2.05. The lowest BCUT2D eigenvalue weighted by atomic mass is 9.98. The van der Waals surface area contributed by atoms with Crippen LogP contribution in [-0.2, 0) is 17.6 Å². The molecule has 15 heavy (non-hydrogen) atoms. The number of hydrogen-bond acceptors (Lipinski definition) is 2. The number of benzene rings is 1. The Kier molecular flexibility index (Phi) is 4.09. The second-order valence-corrected chi connectivity index (χ2v) is 4.26. The Hall–Kier alpha value is -1.09. The number of carboxylic acid groups (broad SMARTS) is 1. The van der Waals surface area contributed by atoms with Gasteiger partial charge in [0.05, 0.1) is 18.1 Å². The Labute approximate surface area is 102 Å². The lowest BCUT2D eigenvalue weighted by Gasteiger charge is -2.08. The van der Waals surface area contributed by atoms with Gasteiger partial charge < -0.3 is 5.11 Å². The molecule has 0 atom stereocenters. The van der Waals surface area contributed by atoms with Gasteiger partial charge in [-0.25, -0.2) is 0 Å². The largest absolute Gasteiger partial charge is 0.481 e. The van der Waals surface area contributed by atoms with E-state index in [2.05, 4.69) is 28.7 Å². The van der Waals surface area contributed by atoms with E-state index in [1.165, 1.54) is 0 Å². The van der Waals surface area contributed by atoms with Crippen LogP contribution in [0.4, 0.5) is 0 Å². The summed E-state index contributed by atoms with van der Waals surface area (Å²) in [7, 11) is 0. The van der Waals surface area contributed by atoms with Crippen LogP contribution < -0.4 is 0 Å². The summed E-state index contributed by atoms with van der Waals surface area (Å²) in [5, 5.41) is 17.7. The third kappa shape index (κ3) is 2.69. The molecule has 0 aliphatic carbocycles. The molecule has 0 fully saturated rings. The molecule has 0 heterocycles. The molecule has 0 amide bonds. The minimum atomic E-state index is -0.908. The maximum absolute atomic E-state index is 10.6. The Balaban J connectivity index is 3.30. The highest BCUT2D eigenvalue weighted by molar-refractivity contribution is 14.1. The molecule has 1 rings (SSSR count). The van der Waals surface area contributed by atoms with E-state index in [4.69, 9.17) is 10.4 Å². The fraction of sp³-hybridized carbons (Fsp3) is 0.273. The number of halogens is 1. The second-order valence-electron chi connectivity index (χ2n) is 3.10. The summed E-state index contributed by atoms with van der Waals surface area (Å²) in [5.41, 5.74) is 2.06. The van der Waals surface area contributed by atoms with Gasteiger partial charge in [-0.15, -0.1) is 0 Å². The normalized spacial score (nSPS) is 9.67. The first kappa shape index (κ1) is 12.0. The van der Waals surface area contributed by atoms with E-state index in [9.17, 15) is 4.79 Å². The van der Waals surface area contributed by atoms with Crippen LogP contribution in [0.5, 0.6) is 0 Å². The molecule has 1 aromatic rings. The Morgan fingerprint density at radius 1 is 1.60 bits per heavy atom. The van der Waals surface area contributed by atoms with Crippen molar-refractivity contribution in [1.82, 2.24) is 0 Å². The summed E-state index contributed by atoms with van der Waals surface area (Å²) in [6.45, 7) is 1.96. The average Bonchev–Trinajstić information content (AvgIpc) is 2.19. The van der Waals surface area contributed by atoms with Gasteiger partial charge in [0, 0.05) is 3.57 Å². The molecule has 0 radical (unpaired) electrons. The van der Waals surface area contributed by atoms with Crippen LogP contribution in [0.2, 0.25) is 0 Å². The minimum Gasteiger partial charge on any atom is -0.481 e. The molecule has 4 heteroatoms. The molecule has 0 saturated carbocycles. The molecule has 0 aliphatic rings. The number of nitriles is 1. The standard InChI is InChI=1S/C11H10INO2/c1-2-8-9(6-13)7(5-11(14)15)3-4-10(8)12/h3-4H,2,5H2,1H3,(H,14,15). The van der Waals surface area contributed by atoms with Crippen molar-refractivity contribution in [2.24, 2.45) is 0 Å². The van der Waals surface area contributed by atoms with Crippen molar-refractivity contribution in [2.45, 2.75) is 19.8 Å². The van der Waals surface area contributed by atoms with E-state index in [0.717, 1.165) is 15.6 Å². The highest BCUT2D eigenvalue weighted by Gasteiger charge is 2.12. The zero-order chi connectivity index (χ0) is 11.4. The fourth-order valence-corrected chi connectivity index (χ4v) is 2.30. The van der Waals surface area contributed by atoms with Gasteiger partial charge in [0.15, 0.2) is 0 Å². The molecular formula is C11H10INO2. The average molecular weight is 315 g/mol. The molecular weight excluding hydrogens is 305 g/mol. The zero-order valence-electron chi connectivity index (χ0n) is 8.25. The molecule has 78 valence electrons. The van der Waals surface area contributed by atoms with Crippen LogP contribution in [0.15, 0.2) is 12.1 Å². The van der Waals surface area contributed by atoms with Crippen LogP contribution in [-0.4, -0.2) is 11.1 Å². The van der Waals surface area contributed by atoms with Gasteiger partial charge >= 0.3 is 5.97 Å². The smallest absolute Gasteiger partial charge is 0.307 e. The van der Waals surface area contributed by atoms with Gasteiger partial charge in [0.1, 0.15) is 0 Å². The summed E-state index contributed by atoms with van der Waals surface area (Å²) in [6, 6.07) is 5.67. The summed E-state index contributed by atoms with van der Waals surface area (Å²) in [5.74, 6) is -0.908. The van der Waals surface area contributed by atoms with Gasteiger partial charge in [-0.3, -0.25) is 4.79 Å². The lowest BCUT2D eigenvalue weighted by molar-refractivity contribution is -0.136. The molecule has 0 spiro atoms. The van der Waals surface area contributed by atoms with E-state index in [-0.39, 0.29) is 6.42 Å². The van der Waals surface area contributed by atoms with Crippen molar-refractivity contribution < 1.29 is 9.90 Å². The number of aliphatic carboxylic acids is 1. The maximum Gasteiger partial charge on any atom is 0.307 e. The van der Waals surface area contributed by atoms with Crippen molar-refractivity contribution >= 4 is 28.6 Å². The first-order valence-electron chi connectivity index (χ1n) is 4.52. The van der Waals surface area contributed by atoms with Crippen molar-refractivity contribution in [1.29, 1.82) is 5.26 Å². The maximum atomic E-state index is 10.6. The van der Waals surface area contributed by atoms with Gasteiger partial charge in [-0.1, -0.05) is 13.0 Å². The number of hydrogen-bond donors (Lipinski definition) is 1. The Morgan fingerprint density at radius 3 is 2.73 bits per heavy atom. The van der Waals surface area contributed by atoms with Crippen LogP contribution in [0.1, 0.15) is 23.6 Å². The molecule has 0 aromatic heterocycles. The highest BCUT2D eigenvalue weighted by atomic mass is 127. The molecule has 0 bridgehead atoms. The summed E-state index contributed by atoms with van der Waals surface area (Å²) in [4.78, 5) is 10.6. The first-order chi connectivity index (χ1) is 7.10. The Bertz CT molecular complexity index is 435. The van der Waals surface area contributed by atoms with Gasteiger partial charge in [-0.05, 0) is 46.2 Å². The number of carbonyl (C=O) groups is 1. The van der Waals surface area contributed by atoms with Crippen molar-refractivity contribution in [2.75, 3.05) is 0 Å². The summed E-state index contributed by atoms with van der Waals surface area (Å²) in [6.07, 6.45) is 0.654. The van der Waals surface area contributed by atoms with E-state index in [1.807, 2.05) is 13.0 Å². The molecule has 0 unspecified atom stereocenters. The highest BCUT2D eigenvalue weighted by Crippen LogP contribution is 2.21. The topological polar surface area (TPSA) is 61.1 Å². The van der Waals surface area contributed by atoms with Crippen molar-refractivity contribution in [3.8, 4) is 6.07 Å². The fourth-order valence-electron chi connectivity index (χ4n) is 1.47. The number of carboxylic acids is 1. The number of nitrogens with zero attached hydrogens (tertiary/aromatic N) is 1. The summed E-state index contributed by atoms with van der Waals surface area (Å²) < 4.78 is 1.01. The van der Waals surface area contributed by atoms with Crippen LogP contribution in [0.3, 0.4) is 0 Å². The van der Waals surface area contributed by atoms with Crippen LogP contribution in [0.25, 0.3) is 0 Å². The second kappa shape index (κ2) is 5.12. The molecule has 1 aromatic carbocycles. The van der Waals surface area contributed by atoms with Gasteiger partial charge in [-0.2, -0.15) is 5.26 Å². The monoisotopic (exact) mass is 315 g/mol. The van der Waals surface area contributed by atoms with Crippen molar-refractivity contribution in [3.63, 3.8) is 0 Å². The van der Waals surface area contributed by atoms with Gasteiger partial charge in [0.2, 0.25) is 0 Å². The molecule has 0 saturated heterocycles. The van der Waals surface area contributed by atoms with Crippen LogP contribution in [0, 0.1) is 14.9 Å². The van der Waals surface area contributed by atoms with E-state index in [1.54, 1.807) is 6.07 Å². The number of rotatable bonds is 3. The predicted molar refractivity (Wildman–Crippen MR) is 64.6 cm³/mol. The van der Waals surface area contributed by atoms with E-state index < -0.39 is 5.97 Å². The van der Waals surface area contributed by atoms with Crippen molar-refractivity contribution in [3.05, 3.63) is 32.4 Å². The molecule has 1 N–H and O–H groups in total. The summed E-state index contributed by atoms with van der Waals surface area (Å²) >= 11 is 2.16. The molecule has 3 nitrogen and oxygen atoms in total. The van der Waals surface area contributed by atoms with Crippen LogP contribution >= 0.6 is 22.6 Å². The third-order valence-electron chi connectivity index (χ3n) is 2.15. The van der Waals surface area contributed by atoms with E-state index in [0.29, 0.717) is 11.1 Å². The minimum absolute atomic E-state index is 0.0905. The van der Waals surface area contributed by atoms with Gasteiger partial charge in [0.25, 0.3) is 0 Å². The molecule has 0 aliphatic heterocycles. The Morgan fingerprint density at radius 2 is 2.27 bits per heavy atom. The third-order valence-corrected chi connectivity index (χ3v) is 3.16. The first-order valence-corrected chi connectivity index (χ1v) is 5.60. The SMILES string of the molecule is CCc1c(I)ccc(CC(=O)O)c1C#N. The quantitative estimate of drug-likeness (QED) is 0.871. The predicted octanol–water partition coefficient (Wildman–Crippen LogP) is 2.35. The zero-order valence-corrected chi connectivity index (χ0v) is 10.4. The van der Waals surface area contributed by atoms with E-state index >= 15 is 0 Å².